The summed E-state index contributed by atoms with van der Waals surface area (Å²) in [5.41, 5.74) is 1.30. The summed E-state index contributed by atoms with van der Waals surface area (Å²) >= 11 is 0. The van der Waals surface area contributed by atoms with Crippen molar-refractivity contribution in [1.82, 2.24) is 9.80 Å². The Kier molecular flexibility index (Phi) is 7.86. The van der Waals surface area contributed by atoms with Gasteiger partial charge in [-0.15, -0.1) is 0 Å². The van der Waals surface area contributed by atoms with Crippen molar-refractivity contribution in [1.29, 1.82) is 0 Å². The number of hydrogen-bond donors (Lipinski definition) is 0. The van der Waals surface area contributed by atoms with Crippen molar-refractivity contribution in [2.24, 2.45) is 5.92 Å². The summed E-state index contributed by atoms with van der Waals surface area (Å²) in [6.45, 7) is 9.82. The first kappa shape index (κ1) is 18.2. The third-order valence-electron chi connectivity index (χ3n) is 4.87. The number of rotatable bonds is 9. The van der Waals surface area contributed by atoms with Crippen LogP contribution in [0.1, 0.15) is 25.3 Å². The van der Waals surface area contributed by atoms with Crippen molar-refractivity contribution in [3.8, 4) is 5.75 Å². The minimum absolute atomic E-state index is 0.820. The monoisotopic (exact) mass is 320 g/mol. The fraction of sp³-hybridized carbons (Fsp3) is 0.684. The average Bonchev–Trinajstić information content (AvgIpc) is 2.60. The zero-order valence-corrected chi connectivity index (χ0v) is 15.0. The van der Waals surface area contributed by atoms with Crippen LogP contribution in [0.15, 0.2) is 24.3 Å². The van der Waals surface area contributed by atoms with E-state index in [4.69, 9.17) is 9.47 Å². The molecule has 130 valence electrons. The summed E-state index contributed by atoms with van der Waals surface area (Å²) in [5, 5.41) is 0. The zero-order valence-electron chi connectivity index (χ0n) is 15.0. The van der Waals surface area contributed by atoms with Gasteiger partial charge in [-0.05, 0) is 44.5 Å². The van der Waals surface area contributed by atoms with Crippen molar-refractivity contribution in [3.63, 3.8) is 0 Å². The van der Waals surface area contributed by atoms with Crippen molar-refractivity contribution in [2.75, 3.05) is 53.6 Å². The van der Waals surface area contributed by atoms with Crippen LogP contribution in [0.5, 0.6) is 5.75 Å². The molecule has 0 radical (unpaired) electrons. The van der Waals surface area contributed by atoms with Gasteiger partial charge in [0.15, 0.2) is 0 Å². The summed E-state index contributed by atoms with van der Waals surface area (Å²) in [6.07, 6.45) is 2.58. The van der Waals surface area contributed by atoms with Gasteiger partial charge >= 0.3 is 0 Å². The molecule has 1 aliphatic rings. The number of methoxy groups -OCH3 is 2. The van der Waals surface area contributed by atoms with Crippen molar-refractivity contribution in [2.45, 2.75) is 26.3 Å². The van der Waals surface area contributed by atoms with Crippen LogP contribution in [0.4, 0.5) is 0 Å². The van der Waals surface area contributed by atoms with Gasteiger partial charge in [0, 0.05) is 32.3 Å². The zero-order chi connectivity index (χ0) is 16.5. The van der Waals surface area contributed by atoms with Crippen LogP contribution >= 0.6 is 0 Å². The fourth-order valence-corrected chi connectivity index (χ4v) is 3.37. The van der Waals surface area contributed by atoms with Crippen molar-refractivity contribution < 1.29 is 9.47 Å². The van der Waals surface area contributed by atoms with E-state index in [1.165, 1.54) is 38.0 Å². The first-order valence-corrected chi connectivity index (χ1v) is 8.82. The topological polar surface area (TPSA) is 24.9 Å². The minimum atomic E-state index is 0.820. The minimum Gasteiger partial charge on any atom is -0.496 e. The molecule has 23 heavy (non-hydrogen) atoms. The van der Waals surface area contributed by atoms with E-state index < -0.39 is 0 Å². The van der Waals surface area contributed by atoms with E-state index >= 15 is 0 Å². The van der Waals surface area contributed by atoms with E-state index in [0.717, 1.165) is 37.9 Å². The Bertz CT molecular complexity index is 445. The average molecular weight is 320 g/mol. The summed E-state index contributed by atoms with van der Waals surface area (Å²) in [5.74, 6) is 1.83. The SMILES string of the molecule is CCN(CCOC)CC1CCN(Cc2ccccc2OC)CC1. The van der Waals surface area contributed by atoms with E-state index in [1.54, 1.807) is 14.2 Å². The first-order valence-electron chi connectivity index (χ1n) is 8.82. The molecule has 4 nitrogen and oxygen atoms in total. The van der Waals surface area contributed by atoms with Crippen LogP contribution in [0.3, 0.4) is 0 Å². The molecule has 1 fully saturated rings. The largest absolute Gasteiger partial charge is 0.496 e. The van der Waals surface area contributed by atoms with Gasteiger partial charge in [-0.1, -0.05) is 25.1 Å². The molecule has 1 aliphatic heterocycles. The van der Waals surface area contributed by atoms with Crippen LogP contribution in [0.25, 0.3) is 0 Å². The van der Waals surface area contributed by atoms with E-state index in [0.29, 0.717) is 0 Å². The highest BCUT2D eigenvalue weighted by Crippen LogP contribution is 2.23. The molecule has 1 heterocycles. The third-order valence-corrected chi connectivity index (χ3v) is 4.87. The lowest BCUT2D eigenvalue weighted by molar-refractivity contribution is 0.113. The van der Waals surface area contributed by atoms with Gasteiger partial charge in [0.2, 0.25) is 0 Å². The normalized spacial score (nSPS) is 16.9. The summed E-state index contributed by atoms with van der Waals surface area (Å²) < 4.78 is 10.7. The molecular weight excluding hydrogens is 288 g/mol. The van der Waals surface area contributed by atoms with Gasteiger partial charge in [0.05, 0.1) is 13.7 Å². The number of nitrogens with zero attached hydrogens (tertiary/aromatic N) is 2. The van der Waals surface area contributed by atoms with Gasteiger partial charge in [-0.2, -0.15) is 0 Å². The molecule has 0 saturated carbocycles. The number of likely N-dealkylation sites (tertiary alicyclic amines) is 1. The van der Waals surface area contributed by atoms with Gasteiger partial charge in [-0.3, -0.25) is 4.90 Å². The first-order chi connectivity index (χ1) is 11.3. The number of ether oxygens (including phenoxy) is 2. The van der Waals surface area contributed by atoms with Gasteiger partial charge < -0.3 is 14.4 Å². The molecule has 0 atom stereocenters. The second-order valence-electron chi connectivity index (χ2n) is 6.42. The van der Waals surface area contributed by atoms with E-state index in [1.807, 2.05) is 6.07 Å². The highest BCUT2D eigenvalue weighted by molar-refractivity contribution is 5.33. The number of hydrogen-bond acceptors (Lipinski definition) is 4. The fourth-order valence-electron chi connectivity index (χ4n) is 3.37. The maximum Gasteiger partial charge on any atom is 0.123 e. The highest BCUT2D eigenvalue weighted by atomic mass is 16.5. The van der Waals surface area contributed by atoms with Gasteiger partial charge in [0.25, 0.3) is 0 Å². The van der Waals surface area contributed by atoms with E-state index in [9.17, 15) is 0 Å². The standard InChI is InChI=1S/C19H32N2O2/c1-4-20(13-14-22-2)15-17-9-11-21(12-10-17)16-18-7-5-6-8-19(18)23-3/h5-8,17H,4,9-16H2,1-3H3. The molecule has 0 aliphatic carbocycles. The predicted octanol–water partition coefficient (Wildman–Crippen LogP) is 2.88. The quantitative estimate of drug-likeness (QED) is 0.698. The molecule has 4 heteroatoms. The molecule has 1 saturated heterocycles. The molecule has 0 unspecified atom stereocenters. The van der Waals surface area contributed by atoms with Crippen LogP contribution in [-0.4, -0.2) is 63.4 Å². The molecule has 0 bridgehead atoms. The third kappa shape index (κ3) is 5.79. The Balaban J connectivity index is 1.77. The van der Waals surface area contributed by atoms with Crippen molar-refractivity contribution >= 4 is 0 Å². The van der Waals surface area contributed by atoms with Gasteiger partial charge in [0.1, 0.15) is 5.75 Å². The molecule has 1 aromatic carbocycles. The number of likely N-dealkylation sites (N-methyl/N-ethyl adjacent to an activating group) is 1. The smallest absolute Gasteiger partial charge is 0.123 e. The van der Waals surface area contributed by atoms with Gasteiger partial charge in [-0.25, -0.2) is 0 Å². The molecule has 0 amide bonds. The molecule has 1 aromatic rings. The van der Waals surface area contributed by atoms with E-state index in [-0.39, 0.29) is 0 Å². The second-order valence-corrected chi connectivity index (χ2v) is 6.42. The molecule has 0 aromatic heterocycles. The maximum atomic E-state index is 5.47. The maximum absolute atomic E-state index is 5.47. The number of piperidine rings is 1. The van der Waals surface area contributed by atoms with Crippen LogP contribution in [0.2, 0.25) is 0 Å². The van der Waals surface area contributed by atoms with Crippen molar-refractivity contribution in [3.05, 3.63) is 29.8 Å². The Morgan fingerprint density at radius 1 is 1.17 bits per heavy atom. The lowest BCUT2D eigenvalue weighted by Crippen LogP contribution is -2.39. The van der Waals surface area contributed by atoms with E-state index in [2.05, 4.69) is 34.9 Å². The number of benzene rings is 1. The van der Waals surface area contributed by atoms with Crippen LogP contribution in [0, 0.1) is 5.92 Å². The number of para-hydroxylation sites is 1. The lowest BCUT2D eigenvalue weighted by atomic mass is 9.95. The van der Waals surface area contributed by atoms with Crippen LogP contribution in [-0.2, 0) is 11.3 Å². The second kappa shape index (κ2) is 9.91. The molecular formula is C19H32N2O2. The predicted molar refractivity (Wildman–Crippen MR) is 95.0 cm³/mol. The molecule has 2 rings (SSSR count). The summed E-state index contributed by atoms with van der Waals surface area (Å²) in [4.78, 5) is 5.07. The molecule has 0 N–H and O–H groups in total. The molecule has 0 spiro atoms. The Hall–Kier alpha value is -1.10. The Morgan fingerprint density at radius 2 is 1.91 bits per heavy atom. The summed E-state index contributed by atoms with van der Waals surface area (Å²) in [7, 11) is 3.54. The summed E-state index contributed by atoms with van der Waals surface area (Å²) in [6, 6.07) is 8.36. The lowest BCUT2D eigenvalue weighted by Gasteiger charge is -2.34. The highest BCUT2D eigenvalue weighted by Gasteiger charge is 2.21. The Morgan fingerprint density at radius 3 is 2.57 bits per heavy atom. The van der Waals surface area contributed by atoms with Crippen LogP contribution < -0.4 is 4.74 Å². The Labute approximate surface area is 141 Å².